The molecule has 0 aliphatic carbocycles. The summed E-state index contributed by atoms with van der Waals surface area (Å²) < 4.78 is 14.2. The third kappa shape index (κ3) is 2.66. The summed E-state index contributed by atoms with van der Waals surface area (Å²) in [6, 6.07) is 0.422. The molecule has 5 heteroatoms. The highest BCUT2D eigenvalue weighted by Gasteiger charge is 2.52. The van der Waals surface area contributed by atoms with Crippen LogP contribution in [0.25, 0.3) is 0 Å². The minimum Gasteiger partial charge on any atom is -0.399 e. The highest BCUT2D eigenvalue weighted by Crippen LogP contribution is 2.36. The van der Waals surface area contributed by atoms with E-state index < -0.39 is 0 Å². The minimum atomic E-state index is -0.321. The molecule has 1 aliphatic rings. The highest BCUT2D eigenvalue weighted by molar-refractivity contribution is 6.61. The van der Waals surface area contributed by atoms with Gasteiger partial charge in [0.1, 0.15) is 0 Å². The van der Waals surface area contributed by atoms with Crippen molar-refractivity contribution >= 4 is 12.6 Å². The van der Waals surface area contributed by atoms with Gasteiger partial charge in [0.25, 0.3) is 0 Å². The standard InChI is InChI=1S/C15H27BN2O2/c1-8-13(11(2)3)18-10-12(9-17-18)16-19-14(4,5)15(6,7)20-16/h9-11,13H,8H2,1-7H3. The summed E-state index contributed by atoms with van der Waals surface area (Å²) in [5.41, 5.74) is 0.395. The van der Waals surface area contributed by atoms with Crippen LogP contribution >= 0.6 is 0 Å². The van der Waals surface area contributed by atoms with Crippen LogP contribution in [-0.4, -0.2) is 28.1 Å². The molecule has 1 aromatic rings. The van der Waals surface area contributed by atoms with Crippen molar-refractivity contribution in [3.8, 4) is 0 Å². The topological polar surface area (TPSA) is 36.3 Å². The molecule has 2 heterocycles. The fourth-order valence-electron chi connectivity index (χ4n) is 2.60. The summed E-state index contributed by atoms with van der Waals surface area (Å²) >= 11 is 0. The van der Waals surface area contributed by atoms with Gasteiger partial charge in [-0.3, -0.25) is 4.68 Å². The van der Waals surface area contributed by atoms with Gasteiger partial charge in [-0.2, -0.15) is 5.10 Å². The Morgan fingerprint density at radius 3 is 2.20 bits per heavy atom. The lowest BCUT2D eigenvalue weighted by atomic mass is 9.82. The molecule has 1 aliphatic heterocycles. The van der Waals surface area contributed by atoms with Gasteiger partial charge in [0, 0.05) is 17.9 Å². The number of hydrogen-bond donors (Lipinski definition) is 0. The number of hydrogen-bond acceptors (Lipinski definition) is 3. The molecule has 0 aromatic carbocycles. The molecule has 1 atom stereocenters. The SMILES string of the molecule is CCC(C(C)C)n1cc(B2OC(C)(C)C(C)(C)O2)cn1. The minimum absolute atomic E-state index is 0.304. The van der Waals surface area contributed by atoms with Crippen LogP contribution in [0.2, 0.25) is 0 Å². The van der Waals surface area contributed by atoms with E-state index >= 15 is 0 Å². The van der Waals surface area contributed by atoms with E-state index in [-0.39, 0.29) is 18.3 Å². The summed E-state index contributed by atoms with van der Waals surface area (Å²) in [5, 5.41) is 4.51. The summed E-state index contributed by atoms with van der Waals surface area (Å²) in [7, 11) is -0.321. The Labute approximate surface area is 123 Å². The molecule has 1 fully saturated rings. The molecule has 0 spiro atoms. The van der Waals surface area contributed by atoms with Crippen LogP contribution in [-0.2, 0) is 9.31 Å². The first-order chi connectivity index (χ1) is 9.18. The first-order valence-corrected chi connectivity index (χ1v) is 7.57. The maximum atomic E-state index is 6.06. The van der Waals surface area contributed by atoms with Gasteiger partial charge in [-0.15, -0.1) is 0 Å². The average Bonchev–Trinajstić information content (AvgIpc) is 2.84. The largest absolute Gasteiger partial charge is 0.498 e. The van der Waals surface area contributed by atoms with E-state index in [9.17, 15) is 0 Å². The van der Waals surface area contributed by atoms with Gasteiger partial charge in [0.2, 0.25) is 0 Å². The molecule has 1 unspecified atom stereocenters. The van der Waals surface area contributed by atoms with E-state index in [1.165, 1.54) is 0 Å². The first kappa shape index (κ1) is 15.6. The van der Waals surface area contributed by atoms with Crippen molar-refractivity contribution in [2.75, 3.05) is 0 Å². The fraction of sp³-hybridized carbons (Fsp3) is 0.800. The van der Waals surface area contributed by atoms with Crippen molar-refractivity contribution in [1.29, 1.82) is 0 Å². The lowest BCUT2D eigenvalue weighted by molar-refractivity contribution is 0.00578. The van der Waals surface area contributed by atoms with Gasteiger partial charge >= 0.3 is 7.12 Å². The molecule has 0 amide bonds. The number of aromatic nitrogens is 2. The average molecular weight is 278 g/mol. The fourth-order valence-corrected chi connectivity index (χ4v) is 2.60. The van der Waals surface area contributed by atoms with Crippen molar-refractivity contribution in [1.82, 2.24) is 9.78 Å². The first-order valence-electron chi connectivity index (χ1n) is 7.57. The zero-order chi connectivity index (χ0) is 15.1. The second-order valence-corrected chi connectivity index (χ2v) is 7.06. The second-order valence-electron chi connectivity index (χ2n) is 7.06. The van der Waals surface area contributed by atoms with Crippen LogP contribution in [0.4, 0.5) is 0 Å². The smallest absolute Gasteiger partial charge is 0.399 e. The van der Waals surface area contributed by atoms with Gasteiger partial charge in [0.05, 0.1) is 17.2 Å². The Balaban J connectivity index is 2.19. The third-order valence-corrected chi connectivity index (χ3v) is 4.67. The number of nitrogens with zero attached hydrogens (tertiary/aromatic N) is 2. The Bertz CT molecular complexity index is 452. The highest BCUT2D eigenvalue weighted by atomic mass is 16.7. The van der Waals surface area contributed by atoms with E-state index in [0.29, 0.717) is 12.0 Å². The molecule has 0 radical (unpaired) electrons. The summed E-state index contributed by atoms with van der Waals surface area (Å²) in [5.74, 6) is 0.561. The lowest BCUT2D eigenvalue weighted by Gasteiger charge is -2.32. The van der Waals surface area contributed by atoms with Crippen LogP contribution in [0.5, 0.6) is 0 Å². The maximum absolute atomic E-state index is 6.06. The Kier molecular flexibility index (Phi) is 4.04. The zero-order valence-corrected chi connectivity index (χ0v) is 13.8. The molecule has 2 rings (SSSR count). The predicted molar refractivity (Wildman–Crippen MR) is 82.1 cm³/mol. The molecule has 1 saturated heterocycles. The molecule has 0 saturated carbocycles. The Hall–Kier alpha value is -0.805. The molecular formula is C15H27BN2O2. The second kappa shape index (κ2) is 5.19. The van der Waals surface area contributed by atoms with Crippen molar-refractivity contribution in [3.05, 3.63) is 12.4 Å². The Morgan fingerprint density at radius 1 is 1.20 bits per heavy atom. The van der Waals surface area contributed by atoms with E-state index in [0.717, 1.165) is 11.9 Å². The summed E-state index contributed by atoms with van der Waals surface area (Å²) in [6.45, 7) is 14.9. The predicted octanol–water partition coefficient (Wildman–Crippen LogP) is 2.79. The lowest BCUT2D eigenvalue weighted by Crippen LogP contribution is -2.41. The van der Waals surface area contributed by atoms with Gasteiger partial charge in [-0.25, -0.2) is 0 Å². The van der Waals surface area contributed by atoms with Crippen LogP contribution in [0.1, 0.15) is 60.9 Å². The molecule has 20 heavy (non-hydrogen) atoms. The molecule has 1 aromatic heterocycles. The maximum Gasteiger partial charge on any atom is 0.498 e. The quantitative estimate of drug-likeness (QED) is 0.795. The third-order valence-electron chi connectivity index (χ3n) is 4.67. The van der Waals surface area contributed by atoms with E-state index in [1.54, 1.807) is 0 Å². The van der Waals surface area contributed by atoms with E-state index in [1.807, 2.05) is 10.9 Å². The van der Waals surface area contributed by atoms with Crippen LogP contribution in [0, 0.1) is 5.92 Å². The van der Waals surface area contributed by atoms with Crippen molar-refractivity contribution < 1.29 is 9.31 Å². The van der Waals surface area contributed by atoms with Gasteiger partial charge in [-0.1, -0.05) is 20.8 Å². The Morgan fingerprint density at radius 2 is 1.75 bits per heavy atom. The van der Waals surface area contributed by atoms with Gasteiger partial charge in [0.15, 0.2) is 0 Å². The molecule has 0 N–H and O–H groups in total. The van der Waals surface area contributed by atoms with Crippen LogP contribution in [0.15, 0.2) is 12.4 Å². The van der Waals surface area contributed by atoms with E-state index in [4.69, 9.17) is 9.31 Å². The molecule has 112 valence electrons. The van der Waals surface area contributed by atoms with Crippen LogP contribution < -0.4 is 5.46 Å². The molecular weight excluding hydrogens is 251 g/mol. The van der Waals surface area contributed by atoms with E-state index in [2.05, 4.69) is 59.8 Å². The normalized spacial score (nSPS) is 22.5. The zero-order valence-electron chi connectivity index (χ0n) is 13.8. The molecule has 0 bridgehead atoms. The van der Waals surface area contributed by atoms with Gasteiger partial charge < -0.3 is 9.31 Å². The monoisotopic (exact) mass is 278 g/mol. The van der Waals surface area contributed by atoms with Crippen LogP contribution in [0.3, 0.4) is 0 Å². The van der Waals surface area contributed by atoms with Crippen molar-refractivity contribution in [3.63, 3.8) is 0 Å². The number of rotatable bonds is 4. The van der Waals surface area contributed by atoms with Crippen molar-refractivity contribution in [2.45, 2.75) is 72.1 Å². The van der Waals surface area contributed by atoms with Crippen molar-refractivity contribution in [2.24, 2.45) is 5.92 Å². The summed E-state index contributed by atoms with van der Waals surface area (Å²) in [4.78, 5) is 0. The summed E-state index contributed by atoms with van der Waals surface area (Å²) in [6.07, 6.45) is 5.01. The van der Waals surface area contributed by atoms with Gasteiger partial charge in [-0.05, 0) is 40.0 Å². The molecule has 4 nitrogen and oxygen atoms in total.